The van der Waals surface area contributed by atoms with Crippen LogP contribution in [0.4, 0.5) is 0 Å². The zero-order valence-electron chi connectivity index (χ0n) is 5.35. The average molecular weight is 184 g/mol. The molecular formula is C4H8O4S2. The first-order chi connectivity index (χ1) is 4.48. The minimum atomic E-state index is -3.68. The van der Waals surface area contributed by atoms with Crippen molar-refractivity contribution in [1.29, 1.82) is 0 Å². The summed E-state index contributed by atoms with van der Waals surface area (Å²) < 4.78 is 25.5. The van der Waals surface area contributed by atoms with E-state index in [0.29, 0.717) is 4.70 Å². The van der Waals surface area contributed by atoms with Crippen molar-refractivity contribution < 1.29 is 17.7 Å². The molecule has 60 valence electrons. The van der Waals surface area contributed by atoms with E-state index in [1.807, 2.05) is 0 Å². The Labute approximate surface area is 64.9 Å². The summed E-state index contributed by atoms with van der Waals surface area (Å²) in [7, 11) is -3.68. The van der Waals surface area contributed by atoms with E-state index < -0.39 is 16.2 Å². The molecule has 0 radical (unpaired) electrons. The second-order valence-corrected chi connectivity index (χ2v) is 3.71. The quantitative estimate of drug-likeness (QED) is 0.479. The summed E-state index contributed by atoms with van der Waals surface area (Å²) in [4.78, 5) is 0. The molecule has 10 heavy (non-hydrogen) atoms. The molecule has 0 aliphatic heterocycles. The van der Waals surface area contributed by atoms with Gasteiger partial charge in [0.15, 0.2) is 0 Å². The van der Waals surface area contributed by atoms with Crippen LogP contribution in [0.5, 0.6) is 0 Å². The van der Waals surface area contributed by atoms with Crippen LogP contribution in [0.25, 0.3) is 0 Å². The van der Waals surface area contributed by atoms with Gasteiger partial charge in [0, 0.05) is 0 Å². The lowest BCUT2D eigenvalue weighted by atomic mass is 10.5. The summed E-state index contributed by atoms with van der Waals surface area (Å²) in [6.45, 7) is 1.16. The highest BCUT2D eigenvalue weighted by Gasteiger charge is 2.06. The molecule has 0 rings (SSSR count). The Hall–Kier alpha value is -0.0400. The van der Waals surface area contributed by atoms with E-state index in [1.165, 1.54) is 6.92 Å². The molecule has 4 nitrogen and oxygen atoms in total. The number of hydrogen-bond donors (Lipinski definition) is 1. The summed E-state index contributed by atoms with van der Waals surface area (Å²) >= 11 is 4.12. The van der Waals surface area contributed by atoms with Crippen LogP contribution in [0.15, 0.2) is 0 Å². The van der Waals surface area contributed by atoms with Gasteiger partial charge in [-0.25, -0.2) is 0 Å². The normalized spacial score (nSPS) is 14.6. The monoisotopic (exact) mass is 184 g/mol. The molecule has 0 aromatic heterocycles. The lowest BCUT2D eigenvalue weighted by Gasteiger charge is -2.01. The van der Waals surface area contributed by atoms with Crippen LogP contribution in [-0.2, 0) is 14.3 Å². The van der Waals surface area contributed by atoms with Gasteiger partial charge in [0.2, 0.25) is 0 Å². The standard InChI is InChI=1S/C4H8O4S2/c1-4(5)2-8-10(6,7)3-9/h3-5H,2H2,1H3. The van der Waals surface area contributed by atoms with Crippen molar-refractivity contribution in [2.75, 3.05) is 6.61 Å². The zero-order valence-corrected chi connectivity index (χ0v) is 6.98. The molecule has 0 saturated carbocycles. The van der Waals surface area contributed by atoms with Gasteiger partial charge in [-0.05, 0) is 6.92 Å². The molecule has 1 N–H and O–H groups in total. The molecule has 1 atom stereocenters. The largest absolute Gasteiger partial charge is 0.391 e. The van der Waals surface area contributed by atoms with E-state index in [2.05, 4.69) is 16.4 Å². The summed E-state index contributed by atoms with van der Waals surface area (Å²) in [5, 5.41) is 8.57. The SMILES string of the molecule is CC(O)COS(=O)(=O)C=S. The van der Waals surface area contributed by atoms with Gasteiger partial charge in [0.1, 0.15) is 4.70 Å². The molecule has 0 saturated heterocycles. The highest BCUT2D eigenvalue weighted by atomic mass is 32.2. The first-order valence-corrected chi connectivity index (χ1v) is 4.45. The van der Waals surface area contributed by atoms with E-state index in [0.717, 1.165) is 0 Å². The molecule has 6 heteroatoms. The van der Waals surface area contributed by atoms with Gasteiger partial charge in [-0.3, -0.25) is 4.18 Å². The number of aliphatic hydroxyl groups is 1. The van der Waals surface area contributed by atoms with Gasteiger partial charge in [-0.15, -0.1) is 0 Å². The lowest BCUT2D eigenvalue weighted by Crippen LogP contribution is -2.15. The van der Waals surface area contributed by atoms with E-state index in [4.69, 9.17) is 5.11 Å². The minimum absolute atomic E-state index is 0.254. The smallest absolute Gasteiger partial charge is 0.300 e. The van der Waals surface area contributed by atoms with Crippen molar-refractivity contribution in [3.05, 3.63) is 0 Å². The van der Waals surface area contributed by atoms with E-state index >= 15 is 0 Å². The van der Waals surface area contributed by atoms with Gasteiger partial charge in [0.25, 0.3) is 10.1 Å². The van der Waals surface area contributed by atoms with Crippen LogP contribution in [-0.4, -0.2) is 30.9 Å². The fourth-order valence-electron chi connectivity index (χ4n) is 0.221. The van der Waals surface area contributed by atoms with Crippen LogP contribution >= 0.6 is 12.2 Å². The fourth-order valence-corrected chi connectivity index (χ4v) is 0.830. The average Bonchev–Trinajstić information content (AvgIpc) is 1.85. The molecule has 0 fully saturated rings. The number of thiocarbonyl (C=S) groups is 1. The Kier molecular flexibility index (Phi) is 3.95. The number of hydrogen-bond acceptors (Lipinski definition) is 5. The fraction of sp³-hybridized carbons (Fsp3) is 0.750. The maximum Gasteiger partial charge on any atom is 0.300 e. The van der Waals surface area contributed by atoms with Gasteiger partial charge in [-0.1, -0.05) is 12.2 Å². The summed E-state index contributed by atoms with van der Waals surface area (Å²) in [6.07, 6.45) is -0.801. The molecule has 0 heterocycles. The van der Waals surface area contributed by atoms with Crippen molar-refractivity contribution in [3.63, 3.8) is 0 Å². The minimum Gasteiger partial charge on any atom is -0.391 e. The molecule has 1 unspecified atom stereocenters. The first-order valence-electron chi connectivity index (χ1n) is 2.50. The Morgan fingerprint density at radius 1 is 1.80 bits per heavy atom. The molecule has 0 aromatic rings. The Morgan fingerprint density at radius 2 is 2.30 bits per heavy atom. The van der Waals surface area contributed by atoms with Crippen LogP contribution in [0, 0.1) is 0 Å². The third kappa shape index (κ3) is 4.80. The molecule has 0 spiro atoms. The van der Waals surface area contributed by atoms with Crippen molar-refractivity contribution in [2.45, 2.75) is 13.0 Å². The Bertz CT molecular complexity index is 193. The maximum atomic E-state index is 10.4. The summed E-state index contributed by atoms with van der Waals surface area (Å²) in [5.41, 5.74) is 0. The second-order valence-electron chi connectivity index (χ2n) is 1.72. The predicted octanol–water partition coefficient (Wildman–Crippen LogP) is -0.329. The highest BCUT2D eigenvalue weighted by molar-refractivity contribution is 8.11. The predicted molar refractivity (Wildman–Crippen MR) is 40.2 cm³/mol. The van der Waals surface area contributed by atoms with Crippen molar-refractivity contribution in [3.8, 4) is 0 Å². The summed E-state index contributed by atoms with van der Waals surface area (Å²) in [6, 6.07) is 0. The lowest BCUT2D eigenvalue weighted by molar-refractivity contribution is 0.128. The molecule has 0 amide bonds. The van der Waals surface area contributed by atoms with Crippen LogP contribution in [0.2, 0.25) is 0 Å². The number of aliphatic hydroxyl groups excluding tert-OH is 1. The Morgan fingerprint density at radius 3 is 2.60 bits per heavy atom. The van der Waals surface area contributed by atoms with Crippen molar-refractivity contribution >= 4 is 27.0 Å². The maximum absolute atomic E-state index is 10.4. The Balaban J connectivity index is 3.81. The number of rotatable bonds is 4. The van der Waals surface area contributed by atoms with E-state index in [1.54, 1.807) is 0 Å². The van der Waals surface area contributed by atoms with Crippen LogP contribution < -0.4 is 0 Å². The van der Waals surface area contributed by atoms with Gasteiger partial charge >= 0.3 is 0 Å². The van der Waals surface area contributed by atoms with Crippen LogP contribution in [0.3, 0.4) is 0 Å². The second kappa shape index (κ2) is 3.97. The third-order valence-corrected chi connectivity index (χ3v) is 2.00. The molecular weight excluding hydrogens is 176 g/mol. The highest BCUT2D eigenvalue weighted by Crippen LogP contribution is 1.91. The van der Waals surface area contributed by atoms with Gasteiger partial charge in [0.05, 0.1) is 12.7 Å². The molecule has 0 aromatic carbocycles. The zero-order chi connectivity index (χ0) is 8.20. The topological polar surface area (TPSA) is 63.6 Å². The third-order valence-electron chi connectivity index (χ3n) is 0.591. The van der Waals surface area contributed by atoms with Crippen molar-refractivity contribution in [2.24, 2.45) is 0 Å². The van der Waals surface area contributed by atoms with Crippen molar-refractivity contribution in [1.82, 2.24) is 0 Å². The molecule has 0 aliphatic rings. The first kappa shape index (κ1) is 9.96. The van der Waals surface area contributed by atoms with E-state index in [-0.39, 0.29) is 6.61 Å². The van der Waals surface area contributed by atoms with Gasteiger partial charge in [-0.2, -0.15) is 8.42 Å². The summed E-state index contributed by atoms with van der Waals surface area (Å²) in [5.74, 6) is 0. The van der Waals surface area contributed by atoms with Crippen LogP contribution in [0.1, 0.15) is 6.92 Å². The van der Waals surface area contributed by atoms with Gasteiger partial charge < -0.3 is 5.11 Å². The molecule has 0 aliphatic carbocycles. The molecule has 0 bridgehead atoms. The van der Waals surface area contributed by atoms with E-state index in [9.17, 15) is 8.42 Å².